The Bertz CT molecular complexity index is 20.0. The minimum absolute atomic E-state index is 1.31. The van der Waals surface area contributed by atoms with Gasteiger partial charge >= 0.3 is 0 Å². The van der Waals surface area contributed by atoms with E-state index in [1.54, 1.807) is 0 Å². The Kier molecular flexibility index (Phi) is 2.81. The summed E-state index contributed by atoms with van der Waals surface area (Å²) < 4.78 is 10.7. The molecule has 0 atom stereocenters. The zero-order chi connectivity index (χ0) is 3.41. The van der Waals surface area contributed by atoms with Crippen molar-refractivity contribution in [2.75, 3.05) is 0 Å². The standard InChI is InChI=1S/C2H5FSi/c1-2-4-3/h2H,1,4H2. The van der Waals surface area contributed by atoms with Gasteiger partial charge in [-0.2, -0.15) is 0 Å². The molecular formula is C2H5FSi. The van der Waals surface area contributed by atoms with Gasteiger partial charge in [0.1, 0.15) is 0 Å². The first kappa shape index (κ1) is 3.89. The van der Waals surface area contributed by atoms with Gasteiger partial charge in [-0.1, -0.05) is 5.70 Å². The lowest BCUT2D eigenvalue weighted by atomic mass is 11.3. The van der Waals surface area contributed by atoms with Crippen molar-refractivity contribution in [2.24, 2.45) is 0 Å². The third kappa shape index (κ3) is 1.89. The van der Waals surface area contributed by atoms with Crippen LogP contribution in [-0.2, 0) is 0 Å². The average Bonchev–Trinajstić information content (AvgIpc) is 1.37. The van der Waals surface area contributed by atoms with E-state index in [2.05, 4.69) is 6.58 Å². The Labute approximate surface area is 27.3 Å². The van der Waals surface area contributed by atoms with Crippen LogP contribution in [0.15, 0.2) is 12.3 Å². The lowest BCUT2D eigenvalue weighted by Gasteiger charge is -1.52. The van der Waals surface area contributed by atoms with Crippen molar-refractivity contribution in [3.63, 3.8) is 0 Å². The van der Waals surface area contributed by atoms with Crippen molar-refractivity contribution < 1.29 is 4.11 Å². The summed E-state index contributed by atoms with van der Waals surface area (Å²) in [6.45, 7) is 3.17. The van der Waals surface area contributed by atoms with E-state index < -0.39 is 9.85 Å². The van der Waals surface area contributed by atoms with Gasteiger partial charge in [0.2, 0.25) is 9.85 Å². The number of rotatable bonds is 1. The molecule has 0 spiro atoms. The Morgan fingerprint density at radius 1 is 2.00 bits per heavy atom. The van der Waals surface area contributed by atoms with Crippen molar-refractivity contribution in [1.82, 2.24) is 0 Å². The van der Waals surface area contributed by atoms with Crippen LogP contribution in [-0.4, -0.2) is 9.85 Å². The van der Waals surface area contributed by atoms with Crippen LogP contribution in [0.5, 0.6) is 0 Å². The molecule has 0 nitrogen and oxygen atoms in total. The molecule has 0 amide bonds. The fourth-order valence-corrected chi connectivity index (χ4v) is 0. The van der Waals surface area contributed by atoms with Crippen molar-refractivity contribution in [2.45, 2.75) is 0 Å². The van der Waals surface area contributed by atoms with E-state index in [1.807, 2.05) is 0 Å². The fraction of sp³-hybridized carbons (Fsp3) is 0. The van der Waals surface area contributed by atoms with Gasteiger partial charge < -0.3 is 4.11 Å². The van der Waals surface area contributed by atoms with Crippen LogP contribution in [0.3, 0.4) is 0 Å². The van der Waals surface area contributed by atoms with E-state index >= 15 is 0 Å². The Morgan fingerprint density at radius 2 is 2.25 bits per heavy atom. The summed E-state index contributed by atoms with van der Waals surface area (Å²) in [6, 6.07) is 0. The van der Waals surface area contributed by atoms with Gasteiger partial charge in [-0.15, -0.1) is 6.58 Å². The Morgan fingerprint density at radius 3 is 2.25 bits per heavy atom. The minimum atomic E-state index is -1.31. The monoisotopic (exact) mass is 76.0 g/mol. The van der Waals surface area contributed by atoms with Gasteiger partial charge in [0.25, 0.3) is 0 Å². The average molecular weight is 76.1 g/mol. The van der Waals surface area contributed by atoms with Crippen LogP contribution in [0.1, 0.15) is 0 Å². The molecule has 0 aliphatic carbocycles. The molecule has 0 radical (unpaired) electrons. The molecule has 0 aromatic heterocycles. The van der Waals surface area contributed by atoms with Crippen LogP contribution >= 0.6 is 0 Å². The number of hydrogen-bond acceptors (Lipinski definition) is 0. The van der Waals surface area contributed by atoms with E-state index in [1.165, 1.54) is 5.70 Å². The smallest absolute Gasteiger partial charge is 0.239 e. The van der Waals surface area contributed by atoms with Crippen molar-refractivity contribution in [3.05, 3.63) is 12.3 Å². The summed E-state index contributed by atoms with van der Waals surface area (Å²) in [7, 11) is -1.31. The van der Waals surface area contributed by atoms with Crippen molar-refractivity contribution in [1.29, 1.82) is 0 Å². The molecule has 24 valence electrons. The molecule has 0 rings (SSSR count). The first-order valence-electron chi connectivity index (χ1n) is 1.08. The van der Waals surface area contributed by atoms with E-state index in [0.29, 0.717) is 0 Å². The third-order valence-corrected chi connectivity index (χ3v) is 0.327. The molecular weight excluding hydrogens is 71.1 g/mol. The first-order valence-corrected chi connectivity index (χ1v) is 2.43. The summed E-state index contributed by atoms with van der Waals surface area (Å²) in [5.74, 6) is 0. The van der Waals surface area contributed by atoms with E-state index in [4.69, 9.17) is 0 Å². The molecule has 0 fully saturated rings. The minimum Gasteiger partial charge on any atom is -0.317 e. The van der Waals surface area contributed by atoms with Gasteiger partial charge in [0.15, 0.2) is 0 Å². The molecule has 0 unspecified atom stereocenters. The SMILES string of the molecule is C=C[SiH2]F. The molecule has 0 aliphatic heterocycles. The van der Waals surface area contributed by atoms with Gasteiger partial charge in [-0.05, 0) is 0 Å². The van der Waals surface area contributed by atoms with E-state index in [-0.39, 0.29) is 0 Å². The normalized spacial score (nSPS) is 9.25. The van der Waals surface area contributed by atoms with Crippen LogP contribution in [0.25, 0.3) is 0 Å². The number of hydrogen-bond donors (Lipinski definition) is 0. The molecule has 0 aromatic rings. The largest absolute Gasteiger partial charge is 0.317 e. The molecule has 4 heavy (non-hydrogen) atoms. The molecule has 0 saturated heterocycles. The van der Waals surface area contributed by atoms with Crippen LogP contribution in [0, 0.1) is 0 Å². The maximum absolute atomic E-state index is 10.7. The van der Waals surface area contributed by atoms with Gasteiger partial charge in [0, 0.05) is 0 Å². The Hall–Kier alpha value is -0.113. The van der Waals surface area contributed by atoms with Gasteiger partial charge in [0.05, 0.1) is 0 Å². The zero-order valence-electron chi connectivity index (χ0n) is 2.37. The second-order valence-electron chi connectivity index (χ2n) is 0.443. The fourth-order valence-electron chi connectivity index (χ4n) is 0. The number of halogens is 1. The summed E-state index contributed by atoms with van der Waals surface area (Å²) >= 11 is 0. The van der Waals surface area contributed by atoms with Crippen LogP contribution in [0.2, 0.25) is 0 Å². The molecule has 0 heterocycles. The maximum atomic E-state index is 10.7. The quantitative estimate of drug-likeness (QED) is 0.309. The van der Waals surface area contributed by atoms with Crippen LogP contribution in [0.4, 0.5) is 4.11 Å². The highest BCUT2D eigenvalue weighted by atomic mass is 28.3. The highest BCUT2D eigenvalue weighted by Gasteiger charge is 1.54. The zero-order valence-corrected chi connectivity index (χ0v) is 3.78. The van der Waals surface area contributed by atoms with Gasteiger partial charge in [-0.3, -0.25) is 0 Å². The van der Waals surface area contributed by atoms with Gasteiger partial charge in [-0.25, -0.2) is 0 Å². The summed E-state index contributed by atoms with van der Waals surface area (Å²) in [5.41, 5.74) is 1.35. The molecule has 2 heteroatoms. The predicted octanol–water partition coefficient (Wildman–Crippen LogP) is 0.183. The summed E-state index contributed by atoms with van der Waals surface area (Å²) in [4.78, 5) is 0. The second kappa shape index (κ2) is 2.89. The predicted molar refractivity (Wildman–Crippen MR) is 19.8 cm³/mol. The lowest BCUT2D eigenvalue weighted by molar-refractivity contribution is 0.884. The molecule has 0 aromatic carbocycles. The van der Waals surface area contributed by atoms with E-state index in [9.17, 15) is 4.11 Å². The Balaban J connectivity index is 2.30. The third-order valence-electron chi connectivity index (χ3n) is 0.109. The summed E-state index contributed by atoms with van der Waals surface area (Å²) in [5, 5.41) is 0. The highest BCUT2D eigenvalue weighted by molar-refractivity contribution is 6.33. The first-order chi connectivity index (χ1) is 1.91. The molecule has 0 bridgehead atoms. The summed E-state index contributed by atoms with van der Waals surface area (Å²) in [6.07, 6.45) is 0. The topological polar surface area (TPSA) is 0 Å². The maximum Gasteiger partial charge on any atom is 0.239 e. The second-order valence-corrected chi connectivity index (χ2v) is 1.33. The molecule has 0 saturated carbocycles. The van der Waals surface area contributed by atoms with Crippen molar-refractivity contribution in [3.8, 4) is 0 Å². The molecule has 0 aliphatic rings. The van der Waals surface area contributed by atoms with Crippen molar-refractivity contribution >= 4 is 9.85 Å². The lowest BCUT2D eigenvalue weighted by Crippen LogP contribution is -1.57. The van der Waals surface area contributed by atoms with E-state index in [0.717, 1.165) is 0 Å². The molecule has 0 N–H and O–H groups in total. The highest BCUT2D eigenvalue weighted by Crippen LogP contribution is 1.52. The van der Waals surface area contributed by atoms with Crippen LogP contribution < -0.4 is 0 Å².